The first kappa shape index (κ1) is 17.5. The third kappa shape index (κ3) is 2.91. The molecule has 1 aromatic heterocycles. The molecule has 2 fully saturated rings. The number of carbonyl (C=O) groups is 1. The maximum atomic E-state index is 13.7. The van der Waals surface area contributed by atoms with Crippen molar-refractivity contribution in [2.45, 2.75) is 43.9 Å². The molecule has 3 heterocycles. The number of benzene rings is 1. The highest BCUT2D eigenvalue weighted by Gasteiger charge is 2.40. The van der Waals surface area contributed by atoms with Crippen LogP contribution in [-0.4, -0.2) is 54.8 Å². The van der Waals surface area contributed by atoms with Crippen LogP contribution >= 0.6 is 0 Å². The van der Waals surface area contributed by atoms with Gasteiger partial charge in [-0.2, -0.15) is 0 Å². The number of nitrogens with zero attached hydrogens (tertiary/aromatic N) is 2. The van der Waals surface area contributed by atoms with Gasteiger partial charge in [0.15, 0.2) is 0 Å². The summed E-state index contributed by atoms with van der Waals surface area (Å²) in [7, 11) is -1.52. The highest BCUT2D eigenvalue weighted by Crippen LogP contribution is 2.36. The summed E-state index contributed by atoms with van der Waals surface area (Å²) in [5, 5.41) is 0.247. The van der Waals surface area contributed by atoms with Gasteiger partial charge in [0, 0.05) is 36.5 Å². The zero-order valence-electron chi connectivity index (χ0n) is 14.7. The Morgan fingerprint density at radius 1 is 1.23 bits per heavy atom. The molecular formula is C18H21FN2O4S. The molecule has 6 nitrogen and oxygen atoms in total. The number of rotatable bonds is 3. The van der Waals surface area contributed by atoms with Gasteiger partial charge in [-0.15, -0.1) is 0 Å². The molecule has 2 aliphatic heterocycles. The Morgan fingerprint density at radius 3 is 2.50 bits per heavy atom. The molecule has 0 radical (unpaired) electrons. The maximum Gasteiger partial charge on any atom is 0.340 e. The summed E-state index contributed by atoms with van der Waals surface area (Å²) in [6.07, 6.45) is 5.84. The first-order valence-electron chi connectivity index (χ1n) is 8.68. The Labute approximate surface area is 151 Å². The van der Waals surface area contributed by atoms with Crippen molar-refractivity contribution in [2.75, 3.05) is 13.3 Å². The van der Waals surface area contributed by atoms with Gasteiger partial charge in [-0.3, -0.25) is 0 Å². The van der Waals surface area contributed by atoms with Crippen LogP contribution in [0.1, 0.15) is 36.0 Å². The molecule has 8 heteroatoms. The monoisotopic (exact) mass is 380 g/mol. The second-order valence-electron chi connectivity index (χ2n) is 7.31. The van der Waals surface area contributed by atoms with Crippen molar-refractivity contribution < 1.29 is 22.3 Å². The Morgan fingerprint density at radius 2 is 1.88 bits per heavy atom. The predicted molar refractivity (Wildman–Crippen MR) is 95.1 cm³/mol. The maximum absolute atomic E-state index is 13.7. The second-order valence-corrected chi connectivity index (χ2v) is 9.17. The average molecular weight is 380 g/mol. The number of piperidine rings is 1. The van der Waals surface area contributed by atoms with Crippen LogP contribution in [-0.2, 0) is 14.8 Å². The van der Waals surface area contributed by atoms with E-state index in [1.165, 1.54) is 24.4 Å². The fraction of sp³-hybridized carbons (Fsp3) is 0.500. The fourth-order valence-electron chi connectivity index (χ4n) is 4.28. The van der Waals surface area contributed by atoms with E-state index >= 15 is 0 Å². The molecular weight excluding hydrogens is 359 g/mol. The standard InChI is InChI=1S/C18H21FN2O4S/c1-20-12-4-5-13(20)9-14(8-12)25-18(22)16-10-21(26(2,23)24)17-6-3-11(19)7-15(16)17/h3,6-7,10,12-14H,4-5,8-9H2,1-2H3/t12-,13+,14-. The van der Waals surface area contributed by atoms with Crippen LogP contribution in [0.25, 0.3) is 10.9 Å². The van der Waals surface area contributed by atoms with E-state index in [0.29, 0.717) is 12.1 Å². The molecule has 2 aliphatic rings. The third-order valence-corrected chi connectivity index (χ3v) is 6.66. The van der Waals surface area contributed by atoms with Gasteiger partial charge in [0.25, 0.3) is 0 Å². The van der Waals surface area contributed by atoms with E-state index in [9.17, 15) is 17.6 Å². The van der Waals surface area contributed by atoms with Crippen LogP contribution < -0.4 is 0 Å². The first-order chi connectivity index (χ1) is 12.2. The summed E-state index contributed by atoms with van der Waals surface area (Å²) in [4.78, 5) is 15.1. The molecule has 3 atom stereocenters. The molecule has 0 saturated carbocycles. The first-order valence-corrected chi connectivity index (χ1v) is 10.5. The number of fused-ring (bicyclic) bond motifs is 3. The van der Waals surface area contributed by atoms with E-state index in [-0.39, 0.29) is 22.6 Å². The number of aromatic nitrogens is 1. The highest BCUT2D eigenvalue weighted by atomic mass is 32.2. The van der Waals surface area contributed by atoms with Crippen LogP contribution in [0.4, 0.5) is 4.39 Å². The summed E-state index contributed by atoms with van der Waals surface area (Å²) in [6.45, 7) is 0. The van der Waals surface area contributed by atoms with E-state index < -0.39 is 21.8 Å². The molecule has 2 aromatic rings. The average Bonchev–Trinajstić information content (AvgIpc) is 3.01. The molecule has 2 saturated heterocycles. The normalized spacial score (nSPS) is 26.3. The van der Waals surface area contributed by atoms with E-state index in [4.69, 9.17) is 4.74 Å². The lowest BCUT2D eigenvalue weighted by Gasteiger charge is -2.35. The zero-order valence-corrected chi connectivity index (χ0v) is 15.5. The molecule has 0 amide bonds. The topological polar surface area (TPSA) is 68.6 Å². The second kappa shape index (κ2) is 6.06. The minimum atomic E-state index is -3.62. The Bertz CT molecular complexity index is 970. The molecule has 0 N–H and O–H groups in total. The van der Waals surface area contributed by atoms with Crippen molar-refractivity contribution in [1.29, 1.82) is 0 Å². The van der Waals surface area contributed by atoms with Crippen molar-refractivity contribution in [2.24, 2.45) is 0 Å². The largest absolute Gasteiger partial charge is 0.459 e. The highest BCUT2D eigenvalue weighted by molar-refractivity contribution is 7.89. The van der Waals surface area contributed by atoms with Crippen molar-refractivity contribution in [3.63, 3.8) is 0 Å². The van der Waals surface area contributed by atoms with Crippen LogP contribution in [0, 0.1) is 5.82 Å². The van der Waals surface area contributed by atoms with Crippen molar-refractivity contribution in [3.8, 4) is 0 Å². The lowest BCUT2D eigenvalue weighted by Crippen LogP contribution is -2.43. The number of halogens is 1. The predicted octanol–water partition coefficient (Wildman–Crippen LogP) is 2.37. The van der Waals surface area contributed by atoms with Crippen molar-refractivity contribution in [1.82, 2.24) is 8.87 Å². The lowest BCUT2D eigenvalue weighted by atomic mass is 10.0. The molecule has 0 unspecified atom stereocenters. The van der Waals surface area contributed by atoms with Gasteiger partial charge >= 0.3 is 5.97 Å². The van der Waals surface area contributed by atoms with E-state index in [2.05, 4.69) is 11.9 Å². The number of hydrogen-bond donors (Lipinski definition) is 0. The number of carbonyl (C=O) groups excluding carboxylic acids is 1. The van der Waals surface area contributed by atoms with Crippen molar-refractivity contribution in [3.05, 3.63) is 35.8 Å². The third-order valence-electron chi connectivity index (χ3n) is 5.64. The van der Waals surface area contributed by atoms with E-state index in [1.807, 2.05) is 0 Å². The lowest BCUT2D eigenvalue weighted by molar-refractivity contribution is -0.000264. The van der Waals surface area contributed by atoms with Gasteiger partial charge in [-0.25, -0.2) is 21.6 Å². The van der Waals surface area contributed by atoms with E-state index in [0.717, 1.165) is 35.9 Å². The minimum Gasteiger partial charge on any atom is -0.459 e. The summed E-state index contributed by atoms with van der Waals surface area (Å²) >= 11 is 0. The Hall–Kier alpha value is -1.93. The zero-order chi connectivity index (χ0) is 18.6. The summed E-state index contributed by atoms with van der Waals surface area (Å²) in [6, 6.07) is 4.54. The van der Waals surface area contributed by atoms with Crippen LogP contribution in [0.5, 0.6) is 0 Å². The number of hydrogen-bond acceptors (Lipinski definition) is 5. The summed E-state index contributed by atoms with van der Waals surface area (Å²) < 4.78 is 44.4. The van der Waals surface area contributed by atoms with Gasteiger partial charge in [-0.1, -0.05) is 0 Å². The van der Waals surface area contributed by atoms with Gasteiger partial charge in [0.05, 0.1) is 17.3 Å². The van der Waals surface area contributed by atoms with Crippen LogP contribution in [0.2, 0.25) is 0 Å². The van der Waals surface area contributed by atoms with Crippen LogP contribution in [0.3, 0.4) is 0 Å². The summed E-state index contributed by atoms with van der Waals surface area (Å²) in [5.74, 6) is -1.13. The molecule has 0 aliphatic carbocycles. The fourth-order valence-corrected chi connectivity index (χ4v) is 5.10. The summed E-state index contributed by atoms with van der Waals surface area (Å²) in [5.41, 5.74) is 0.348. The Kier molecular flexibility index (Phi) is 4.07. The SMILES string of the molecule is CN1[C@@H]2CC[C@H]1C[C@H](OC(=O)c1cn(S(C)(=O)=O)c3ccc(F)cc13)C2. The molecule has 2 bridgehead atoms. The van der Waals surface area contributed by atoms with Crippen LogP contribution in [0.15, 0.2) is 24.4 Å². The molecule has 140 valence electrons. The smallest absolute Gasteiger partial charge is 0.340 e. The van der Waals surface area contributed by atoms with Gasteiger partial charge in [-0.05, 0) is 38.1 Å². The van der Waals surface area contributed by atoms with E-state index in [1.54, 1.807) is 0 Å². The molecule has 0 spiro atoms. The molecule has 26 heavy (non-hydrogen) atoms. The van der Waals surface area contributed by atoms with Gasteiger partial charge in [0.2, 0.25) is 10.0 Å². The van der Waals surface area contributed by atoms with Crippen molar-refractivity contribution >= 4 is 26.9 Å². The molecule has 1 aromatic carbocycles. The quantitative estimate of drug-likeness (QED) is 0.765. The number of ether oxygens (including phenoxy) is 1. The van der Waals surface area contributed by atoms with Gasteiger partial charge < -0.3 is 9.64 Å². The Balaban J connectivity index is 1.66. The molecule has 4 rings (SSSR count). The van der Waals surface area contributed by atoms with Gasteiger partial charge in [0.1, 0.15) is 11.9 Å². The number of esters is 1. The minimum absolute atomic E-state index is 0.0798.